The van der Waals surface area contributed by atoms with E-state index in [1.54, 1.807) is 6.26 Å². The second kappa shape index (κ2) is 4.57. The van der Waals surface area contributed by atoms with Crippen LogP contribution >= 0.6 is 0 Å². The van der Waals surface area contributed by atoms with Crippen LogP contribution in [0.3, 0.4) is 0 Å². The lowest BCUT2D eigenvalue weighted by atomic mass is 9.85. The zero-order chi connectivity index (χ0) is 12.7. The molecule has 100 valence electrons. The maximum Gasteiger partial charge on any atom is 0.137 e. The lowest BCUT2D eigenvalue weighted by Crippen LogP contribution is -2.51. The molecule has 0 radical (unpaired) electrons. The van der Waals surface area contributed by atoms with E-state index in [1.807, 2.05) is 18.2 Å². The Morgan fingerprint density at radius 1 is 1.11 bits per heavy atom. The average molecular weight is 257 g/mol. The van der Waals surface area contributed by atoms with E-state index in [0.717, 1.165) is 29.6 Å². The highest BCUT2D eigenvalue weighted by atomic mass is 16.5. The zero-order valence-electron chi connectivity index (χ0n) is 11.0. The summed E-state index contributed by atoms with van der Waals surface area (Å²) in [6.07, 6.45) is 8.30. The molecule has 4 rings (SSSR count). The fourth-order valence-electron chi connectivity index (χ4n) is 3.56. The van der Waals surface area contributed by atoms with Crippen LogP contribution in [0.4, 0.5) is 0 Å². The number of piperidine rings is 2. The Morgan fingerprint density at radius 2 is 1.95 bits per heavy atom. The number of hydrogen-bond acceptors (Lipinski definition) is 3. The molecule has 1 aromatic heterocycles. The summed E-state index contributed by atoms with van der Waals surface area (Å²) in [5.74, 6) is 0.969. The van der Waals surface area contributed by atoms with E-state index in [4.69, 9.17) is 9.15 Å². The van der Waals surface area contributed by atoms with Crippen LogP contribution < -0.4 is 10.1 Å². The number of ether oxygens (including phenoxy) is 1. The van der Waals surface area contributed by atoms with Crippen molar-refractivity contribution in [3.63, 3.8) is 0 Å². The summed E-state index contributed by atoms with van der Waals surface area (Å²) >= 11 is 0. The largest absolute Gasteiger partial charge is 0.490 e. The molecule has 2 aliphatic heterocycles. The molecule has 0 unspecified atom stereocenters. The molecule has 2 bridgehead atoms. The van der Waals surface area contributed by atoms with E-state index < -0.39 is 0 Å². The van der Waals surface area contributed by atoms with Gasteiger partial charge < -0.3 is 14.5 Å². The molecular formula is C16H19NO2. The summed E-state index contributed by atoms with van der Waals surface area (Å²) in [6, 6.07) is 9.34. The molecule has 2 fully saturated rings. The van der Waals surface area contributed by atoms with Crippen LogP contribution in [-0.4, -0.2) is 18.2 Å². The highest BCUT2D eigenvalue weighted by Gasteiger charge is 2.32. The molecular weight excluding hydrogens is 238 g/mol. The van der Waals surface area contributed by atoms with E-state index in [-0.39, 0.29) is 0 Å². The molecule has 19 heavy (non-hydrogen) atoms. The molecule has 2 aliphatic rings. The predicted octanol–water partition coefficient (Wildman–Crippen LogP) is 3.48. The van der Waals surface area contributed by atoms with Crippen LogP contribution in [0.1, 0.15) is 32.1 Å². The molecule has 0 aliphatic carbocycles. The van der Waals surface area contributed by atoms with Gasteiger partial charge in [-0.25, -0.2) is 0 Å². The van der Waals surface area contributed by atoms with Crippen LogP contribution in [0.5, 0.6) is 5.75 Å². The normalized spacial score (nSPS) is 30.4. The highest BCUT2D eigenvalue weighted by Crippen LogP contribution is 2.32. The van der Waals surface area contributed by atoms with Crippen molar-refractivity contribution in [1.29, 1.82) is 0 Å². The molecule has 3 nitrogen and oxygen atoms in total. The molecule has 3 heteroatoms. The maximum absolute atomic E-state index is 6.26. The second-order valence-electron chi connectivity index (χ2n) is 5.79. The van der Waals surface area contributed by atoms with Gasteiger partial charge >= 0.3 is 0 Å². The summed E-state index contributed by atoms with van der Waals surface area (Å²) in [4.78, 5) is 0. The van der Waals surface area contributed by atoms with Gasteiger partial charge in [-0.05, 0) is 43.9 Å². The van der Waals surface area contributed by atoms with Crippen LogP contribution in [0.2, 0.25) is 0 Å². The highest BCUT2D eigenvalue weighted by molar-refractivity contribution is 5.83. The Kier molecular flexibility index (Phi) is 2.73. The van der Waals surface area contributed by atoms with Crippen molar-refractivity contribution in [3.05, 3.63) is 30.5 Å². The SMILES string of the molecule is c1cc(O[C@@H]2C[C@H]3CCC[C@@H](C2)N3)c2ccoc2c1. The van der Waals surface area contributed by atoms with Crippen molar-refractivity contribution < 1.29 is 9.15 Å². The maximum atomic E-state index is 6.26. The third kappa shape index (κ3) is 2.12. The van der Waals surface area contributed by atoms with Gasteiger partial charge in [-0.15, -0.1) is 0 Å². The molecule has 3 atom stereocenters. The average Bonchev–Trinajstić information content (AvgIpc) is 2.88. The standard InChI is InChI=1S/C16H19NO2/c1-3-11-9-13(10-12(4-1)17-11)19-16-6-2-5-15-14(16)7-8-18-15/h2,5-8,11-13,17H,1,3-4,9-10H2/t11-,12+,13-. The molecule has 3 heterocycles. The minimum Gasteiger partial charge on any atom is -0.490 e. The first-order chi connectivity index (χ1) is 9.38. The fraction of sp³-hybridized carbons (Fsp3) is 0.500. The lowest BCUT2D eigenvalue weighted by Gasteiger charge is -2.40. The van der Waals surface area contributed by atoms with Gasteiger partial charge in [0.1, 0.15) is 17.4 Å². The second-order valence-corrected chi connectivity index (χ2v) is 5.79. The van der Waals surface area contributed by atoms with Gasteiger partial charge in [-0.3, -0.25) is 0 Å². The molecule has 1 aromatic carbocycles. The van der Waals surface area contributed by atoms with E-state index in [1.165, 1.54) is 19.3 Å². The molecule has 0 saturated carbocycles. The Bertz CT molecular complexity index is 565. The van der Waals surface area contributed by atoms with Crippen molar-refractivity contribution in [2.45, 2.75) is 50.3 Å². The summed E-state index contributed by atoms with van der Waals surface area (Å²) in [6.45, 7) is 0. The molecule has 2 aromatic rings. The smallest absolute Gasteiger partial charge is 0.137 e. The van der Waals surface area contributed by atoms with Gasteiger partial charge in [0, 0.05) is 12.1 Å². The van der Waals surface area contributed by atoms with Gasteiger partial charge in [0.25, 0.3) is 0 Å². The van der Waals surface area contributed by atoms with Crippen molar-refractivity contribution in [1.82, 2.24) is 5.32 Å². The zero-order valence-corrected chi connectivity index (χ0v) is 11.0. The van der Waals surface area contributed by atoms with Crippen molar-refractivity contribution >= 4 is 11.0 Å². The third-order valence-corrected chi connectivity index (χ3v) is 4.42. The van der Waals surface area contributed by atoms with Crippen molar-refractivity contribution in [2.24, 2.45) is 0 Å². The first-order valence-electron chi connectivity index (χ1n) is 7.27. The quantitative estimate of drug-likeness (QED) is 0.894. The van der Waals surface area contributed by atoms with E-state index in [0.29, 0.717) is 18.2 Å². The van der Waals surface area contributed by atoms with Gasteiger partial charge in [-0.2, -0.15) is 0 Å². The number of hydrogen-bond donors (Lipinski definition) is 1. The van der Waals surface area contributed by atoms with Gasteiger partial charge in [-0.1, -0.05) is 12.5 Å². The summed E-state index contributed by atoms with van der Waals surface area (Å²) in [5.41, 5.74) is 0.909. The Morgan fingerprint density at radius 3 is 2.79 bits per heavy atom. The number of nitrogens with one attached hydrogen (secondary N) is 1. The first kappa shape index (κ1) is 11.4. The van der Waals surface area contributed by atoms with E-state index >= 15 is 0 Å². The number of rotatable bonds is 2. The minimum atomic E-state index is 0.344. The Hall–Kier alpha value is -1.48. The Labute approximate surface area is 112 Å². The molecule has 1 N–H and O–H groups in total. The van der Waals surface area contributed by atoms with Gasteiger partial charge in [0.15, 0.2) is 0 Å². The van der Waals surface area contributed by atoms with Gasteiger partial charge in [0.2, 0.25) is 0 Å². The molecule has 0 spiro atoms. The van der Waals surface area contributed by atoms with E-state index in [9.17, 15) is 0 Å². The minimum absolute atomic E-state index is 0.344. The lowest BCUT2D eigenvalue weighted by molar-refractivity contribution is 0.0939. The topological polar surface area (TPSA) is 34.4 Å². The van der Waals surface area contributed by atoms with Crippen LogP contribution in [0, 0.1) is 0 Å². The predicted molar refractivity (Wildman–Crippen MR) is 74.4 cm³/mol. The summed E-state index contributed by atoms with van der Waals surface area (Å²) < 4.78 is 11.7. The summed E-state index contributed by atoms with van der Waals surface area (Å²) in [5, 5.41) is 4.79. The van der Waals surface area contributed by atoms with Crippen LogP contribution in [0.25, 0.3) is 11.0 Å². The van der Waals surface area contributed by atoms with Crippen LogP contribution in [-0.2, 0) is 0 Å². The summed E-state index contributed by atoms with van der Waals surface area (Å²) in [7, 11) is 0. The Balaban J connectivity index is 1.56. The number of furan rings is 1. The van der Waals surface area contributed by atoms with Crippen molar-refractivity contribution in [3.8, 4) is 5.75 Å². The van der Waals surface area contributed by atoms with Gasteiger partial charge in [0.05, 0.1) is 11.6 Å². The molecule has 0 amide bonds. The number of benzene rings is 1. The third-order valence-electron chi connectivity index (χ3n) is 4.42. The molecule has 2 saturated heterocycles. The van der Waals surface area contributed by atoms with E-state index in [2.05, 4.69) is 11.4 Å². The first-order valence-corrected chi connectivity index (χ1v) is 7.27. The monoisotopic (exact) mass is 257 g/mol. The van der Waals surface area contributed by atoms with Crippen molar-refractivity contribution in [2.75, 3.05) is 0 Å². The fourth-order valence-corrected chi connectivity index (χ4v) is 3.56. The number of fused-ring (bicyclic) bond motifs is 3. The van der Waals surface area contributed by atoms with Crippen LogP contribution in [0.15, 0.2) is 34.9 Å².